The summed E-state index contributed by atoms with van der Waals surface area (Å²) in [6, 6.07) is 9.96. The van der Waals surface area contributed by atoms with E-state index in [1.165, 1.54) is 6.26 Å². The largest absolute Gasteiger partial charge is 0.481 e. The molecule has 0 bridgehead atoms. The summed E-state index contributed by atoms with van der Waals surface area (Å²) < 4.78 is 5.24. The zero-order valence-electron chi connectivity index (χ0n) is 13.6. The van der Waals surface area contributed by atoms with Crippen LogP contribution in [0.1, 0.15) is 40.1 Å². The van der Waals surface area contributed by atoms with E-state index in [0.717, 1.165) is 5.56 Å². The van der Waals surface area contributed by atoms with E-state index >= 15 is 0 Å². The molecule has 0 aliphatic carbocycles. The number of amides is 1. The summed E-state index contributed by atoms with van der Waals surface area (Å²) in [4.78, 5) is 25.2. The van der Waals surface area contributed by atoms with Gasteiger partial charge in [0.05, 0.1) is 11.8 Å². The Morgan fingerprint density at radius 1 is 1.26 bits per heavy atom. The Hall–Kier alpha value is -2.56. The van der Waals surface area contributed by atoms with Crippen molar-refractivity contribution in [2.75, 3.05) is 13.6 Å². The molecule has 1 atom stereocenters. The van der Waals surface area contributed by atoms with Gasteiger partial charge in [-0.05, 0) is 18.4 Å². The molecule has 5 nitrogen and oxygen atoms in total. The molecule has 1 N–H and O–H groups in total. The van der Waals surface area contributed by atoms with Gasteiger partial charge in [-0.1, -0.05) is 37.3 Å². The summed E-state index contributed by atoms with van der Waals surface area (Å²) in [5.41, 5.74) is 2.17. The third-order valence-electron chi connectivity index (χ3n) is 3.84. The highest BCUT2D eigenvalue weighted by atomic mass is 16.4. The predicted octanol–water partition coefficient (Wildman–Crippen LogP) is 3.09. The van der Waals surface area contributed by atoms with E-state index in [2.05, 4.69) is 6.92 Å². The molecule has 0 aliphatic heterocycles. The second-order valence-electron chi connectivity index (χ2n) is 5.78. The standard InChI is InChI=1S/C18H21NO4/c1-12(14-7-5-4-6-8-14)10-19(3)18(22)17-13(2)11-23-15(17)9-16(20)21/h4-8,11-12H,9-10H2,1-3H3,(H,20,21). The molecule has 5 heteroatoms. The molecule has 0 saturated heterocycles. The van der Waals surface area contributed by atoms with Gasteiger partial charge in [-0.15, -0.1) is 0 Å². The topological polar surface area (TPSA) is 70.7 Å². The van der Waals surface area contributed by atoms with E-state index in [1.54, 1.807) is 18.9 Å². The van der Waals surface area contributed by atoms with Crippen LogP contribution in [0.25, 0.3) is 0 Å². The number of hydrogen-bond acceptors (Lipinski definition) is 3. The molecule has 23 heavy (non-hydrogen) atoms. The summed E-state index contributed by atoms with van der Waals surface area (Å²) in [6.07, 6.45) is 1.14. The number of carbonyl (C=O) groups excluding carboxylic acids is 1. The van der Waals surface area contributed by atoms with Crippen molar-refractivity contribution in [2.24, 2.45) is 0 Å². The quantitative estimate of drug-likeness (QED) is 0.889. The van der Waals surface area contributed by atoms with Crippen molar-refractivity contribution >= 4 is 11.9 Å². The number of carboxylic acids is 1. The average molecular weight is 315 g/mol. The molecule has 1 aromatic heterocycles. The third kappa shape index (κ3) is 4.00. The lowest BCUT2D eigenvalue weighted by atomic mass is 10.0. The van der Waals surface area contributed by atoms with Crippen LogP contribution in [0.4, 0.5) is 0 Å². The van der Waals surface area contributed by atoms with Gasteiger partial charge >= 0.3 is 5.97 Å². The number of likely N-dealkylation sites (N-methyl/N-ethyl adjacent to an activating group) is 1. The van der Waals surface area contributed by atoms with Gasteiger partial charge < -0.3 is 14.4 Å². The lowest BCUT2D eigenvalue weighted by Crippen LogP contribution is -2.31. The Morgan fingerprint density at radius 3 is 2.52 bits per heavy atom. The van der Waals surface area contributed by atoms with Crippen molar-refractivity contribution in [1.29, 1.82) is 0 Å². The number of carboxylic acid groups (broad SMARTS) is 1. The van der Waals surface area contributed by atoms with Crippen LogP contribution in [-0.4, -0.2) is 35.5 Å². The van der Waals surface area contributed by atoms with E-state index in [-0.39, 0.29) is 24.0 Å². The monoisotopic (exact) mass is 315 g/mol. The van der Waals surface area contributed by atoms with Crippen molar-refractivity contribution < 1.29 is 19.1 Å². The first-order chi connectivity index (χ1) is 10.9. The molecular formula is C18H21NO4. The SMILES string of the molecule is Cc1coc(CC(=O)O)c1C(=O)N(C)CC(C)c1ccccc1. The molecule has 0 saturated carbocycles. The number of aliphatic carboxylic acids is 1. The fourth-order valence-electron chi connectivity index (χ4n) is 2.62. The highest BCUT2D eigenvalue weighted by Gasteiger charge is 2.24. The highest BCUT2D eigenvalue weighted by molar-refractivity contribution is 5.97. The molecule has 0 radical (unpaired) electrons. The summed E-state index contributed by atoms with van der Waals surface area (Å²) in [7, 11) is 1.72. The minimum absolute atomic E-state index is 0.181. The number of furan rings is 1. The fraction of sp³-hybridized carbons (Fsp3) is 0.333. The van der Waals surface area contributed by atoms with E-state index < -0.39 is 5.97 Å². The number of nitrogens with zero attached hydrogens (tertiary/aromatic N) is 1. The number of aryl methyl sites for hydroxylation is 1. The zero-order chi connectivity index (χ0) is 17.0. The molecule has 0 spiro atoms. The fourth-order valence-corrected chi connectivity index (χ4v) is 2.62. The Kier molecular flexibility index (Phi) is 5.21. The van der Waals surface area contributed by atoms with Crippen molar-refractivity contribution in [3.63, 3.8) is 0 Å². The molecule has 1 heterocycles. The molecule has 1 aromatic carbocycles. The lowest BCUT2D eigenvalue weighted by Gasteiger charge is -2.22. The summed E-state index contributed by atoms with van der Waals surface area (Å²) in [5, 5.41) is 8.93. The number of carbonyl (C=O) groups is 2. The first-order valence-electron chi connectivity index (χ1n) is 7.49. The Bertz CT molecular complexity index is 690. The minimum atomic E-state index is -1.02. The van der Waals surface area contributed by atoms with E-state index in [0.29, 0.717) is 17.7 Å². The summed E-state index contributed by atoms with van der Waals surface area (Å²) in [5.74, 6) is -0.844. The molecule has 1 unspecified atom stereocenters. The first-order valence-corrected chi connectivity index (χ1v) is 7.49. The molecule has 122 valence electrons. The summed E-state index contributed by atoms with van der Waals surface area (Å²) in [6.45, 7) is 4.34. The molecular weight excluding hydrogens is 294 g/mol. The average Bonchev–Trinajstić information content (AvgIpc) is 2.87. The maximum absolute atomic E-state index is 12.7. The van der Waals surface area contributed by atoms with Gasteiger partial charge in [0.2, 0.25) is 0 Å². The lowest BCUT2D eigenvalue weighted by molar-refractivity contribution is -0.136. The van der Waals surface area contributed by atoms with Crippen LogP contribution < -0.4 is 0 Å². The van der Waals surface area contributed by atoms with E-state index in [4.69, 9.17) is 9.52 Å². The Morgan fingerprint density at radius 2 is 1.91 bits per heavy atom. The minimum Gasteiger partial charge on any atom is -0.481 e. The van der Waals surface area contributed by atoms with Crippen LogP contribution in [0.3, 0.4) is 0 Å². The zero-order valence-corrected chi connectivity index (χ0v) is 13.6. The van der Waals surface area contributed by atoms with Gasteiger partial charge in [0, 0.05) is 19.2 Å². The smallest absolute Gasteiger partial charge is 0.311 e. The van der Waals surface area contributed by atoms with Crippen molar-refractivity contribution in [1.82, 2.24) is 4.90 Å². The third-order valence-corrected chi connectivity index (χ3v) is 3.84. The molecule has 0 fully saturated rings. The molecule has 0 aliphatic rings. The van der Waals surface area contributed by atoms with Crippen molar-refractivity contribution in [3.05, 3.63) is 59.0 Å². The van der Waals surface area contributed by atoms with Gasteiger partial charge in [0.15, 0.2) is 0 Å². The predicted molar refractivity (Wildman–Crippen MR) is 86.6 cm³/mol. The van der Waals surface area contributed by atoms with Crippen LogP contribution >= 0.6 is 0 Å². The van der Waals surface area contributed by atoms with Crippen molar-refractivity contribution in [2.45, 2.75) is 26.2 Å². The van der Waals surface area contributed by atoms with E-state index in [9.17, 15) is 9.59 Å². The van der Waals surface area contributed by atoms with Gasteiger partial charge in [-0.25, -0.2) is 0 Å². The Balaban J connectivity index is 2.14. The number of benzene rings is 1. The summed E-state index contributed by atoms with van der Waals surface area (Å²) >= 11 is 0. The van der Waals surface area contributed by atoms with Crippen LogP contribution in [-0.2, 0) is 11.2 Å². The number of rotatable bonds is 6. The maximum Gasteiger partial charge on any atom is 0.311 e. The second-order valence-corrected chi connectivity index (χ2v) is 5.78. The van der Waals surface area contributed by atoms with Gasteiger partial charge in [-0.3, -0.25) is 9.59 Å². The van der Waals surface area contributed by atoms with Crippen LogP contribution in [0.2, 0.25) is 0 Å². The highest BCUT2D eigenvalue weighted by Crippen LogP contribution is 2.21. The van der Waals surface area contributed by atoms with Crippen LogP contribution in [0.15, 0.2) is 41.0 Å². The maximum atomic E-state index is 12.7. The van der Waals surface area contributed by atoms with E-state index in [1.807, 2.05) is 30.3 Å². The number of hydrogen-bond donors (Lipinski definition) is 1. The van der Waals surface area contributed by atoms with Gasteiger partial charge in [-0.2, -0.15) is 0 Å². The second kappa shape index (κ2) is 7.13. The first kappa shape index (κ1) is 16.8. The van der Waals surface area contributed by atoms with Crippen LogP contribution in [0.5, 0.6) is 0 Å². The van der Waals surface area contributed by atoms with Gasteiger partial charge in [0.25, 0.3) is 5.91 Å². The van der Waals surface area contributed by atoms with Crippen LogP contribution in [0, 0.1) is 6.92 Å². The normalized spacial score (nSPS) is 12.0. The Labute approximate surface area is 135 Å². The molecule has 1 amide bonds. The molecule has 2 aromatic rings. The van der Waals surface area contributed by atoms with Crippen molar-refractivity contribution in [3.8, 4) is 0 Å². The van der Waals surface area contributed by atoms with Gasteiger partial charge in [0.1, 0.15) is 12.2 Å². The molecule has 2 rings (SSSR count).